The number of nitrogens with zero attached hydrogens (tertiary/aromatic N) is 1. The summed E-state index contributed by atoms with van der Waals surface area (Å²) in [6, 6.07) is 10.0. The fourth-order valence-corrected chi connectivity index (χ4v) is 4.29. The van der Waals surface area contributed by atoms with Gasteiger partial charge in [0.1, 0.15) is 5.01 Å². The molecule has 5 nitrogen and oxygen atoms in total. The smallest absolute Gasteiger partial charge is 0.228 e. The molecular weight excluding hydrogens is 370 g/mol. The number of thiazole rings is 1. The summed E-state index contributed by atoms with van der Waals surface area (Å²) >= 11 is 1.63. The second-order valence-electron chi connectivity index (χ2n) is 6.63. The van der Waals surface area contributed by atoms with Gasteiger partial charge in [-0.3, -0.25) is 4.79 Å². The van der Waals surface area contributed by atoms with E-state index in [2.05, 4.69) is 22.4 Å². The van der Waals surface area contributed by atoms with Crippen molar-refractivity contribution in [2.24, 2.45) is 11.1 Å². The van der Waals surface area contributed by atoms with Gasteiger partial charge in [0.25, 0.3) is 0 Å². The highest BCUT2D eigenvalue weighted by molar-refractivity contribution is 7.15. The number of nitrogens with one attached hydrogen (secondary N) is 1. The topological polar surface area (TPSA) is 77.2 Å². The number of nitrogens with two attached hydrogens (primary N) is 1. The molecule has 2 heterocycles. The van der Waals surface area contributed by atoms with Gasteiger partial charge in [0.05, 0.1) is 22.0 Å². The number of carbonyl (C=O) groups excluding carboxylic acids is 1. The Morgan fingerprint density at radius 2 is 2.00 bits per heavy atom. The van der Waals surface area contributed by atoms with E-state index in [1.54, 1.807) is 11.3 Å². The van der Waals surface area contributed by atoms with Crippen LogP contribution in [0.4, 0.5) is 0 Å². The zero-order valence-corrected chi connectivity index (χ0v) is 16.8. The second kappa shape index (κ2) is 8.95. The number of aromatic nitrogens is 1. The molecule has 0 spiro atoms. The molecule has 0 aliphatic carbocycles. The monoisotopic (exact) mass is 395 g/mol. The third-order valence-electron chi connectivity index (χ3n) is 4.92. The number of halogens is 1. The maximum atomic E-state index is 12.9. The first kappa shape index (κ1) is 20.8. The Hall–Kier alpha value is -1.47. The van der Waals surface area contributed by atoms with Crippen LogP contribution in [0.2, 0.25) is 0 Å². The molecule has 1 aromatic carbocycles. The lowest BCUT2D eigenvalue weighted by Gasteiger charge is -2.35. The van der Waals surface area contributed by atoms with Crippen LogP contribution in [0.1, 0.15) is 36.4 Å². The van der Waals surface area contributed by atoms with E-state index in [0.29, 0.717) is 32.6 Å². The molecule has 2 aromatic rings. The van der Waals surface area contributed by atoms with Crippen LogP contribution in [0.25, 0.3) is 10.6 Å². The molecule has 1 atom stereocenters. The van der Waals surface area contributed by atoms with Gasteiger partial charge >= 0.3 is 0 Å². The number of aryl methyl sites for hydroxylation is 1. The summed E-state index contributed by atoms with van der Waals surface area (Å²) in [5.41, 5.74) is 7.49. The number of amides is 1. The average Bonchev–Trinajstić information content (AvgIpc) is 3.05. The fourth-order valence-electron chi connectivity index (χ4n) is 3.22. The summed E-state index contributed by atoms with van der Waals surface area (Å²) in [4.78, 5) is 18.6. The molecule has 3 rings (SSSR count). The van der Waals surface area contributed by atoms with Crippen LogP contribution in [0, 0.1) is 12.3 Å². The molecule has 1 amide bonds. The van der Waals surface area contributed by atoms with Gasteiger partial charge in [0.2, 0.25) is 5.91 Å². The molecule has 3 N–H and O–H groups in total. The van der Waals surface area contributed by atoms with Crippen molar-refractivity contribution in [2.45, 2.75) is 32.7 Å². The first-order valence-electron chi connectivity index (χ1n) is 8.67. The van der Waals surface area contributed by atoms with Gasteiger partial charge in [-0.2, -0.15) is 0 Å². The van der Waals surface area contributed by atoms with E-state index in [1.165, 1.54) is 0 Å². The molecule has 26 heavy (non-hydrogen) atoms. The van der Waals surface area contributed by atoms with Gasteiger partial charge in [-0.1, -0.05) is 30.3 Å². The molecule has 1 aliphatic heterocycles. The van der Waals surface area contributed by atoms with Gasteiger partial charge < -0.3 is 15.8 Å². The molecule has 0 bridgehead atoms. The molecule has 1 unspecified atom stereocenters. The van der Waals surface area contributed by atoms with E-state index < -0.39 is 5.41 Å². The van der Waals surface area contributed by atoms with Crippen LogP contribution in [-0.4, -0.2) is 30.6 Å². The molecule has 1 fully saturated rings. The fraction of sp³-hybridized carbons (Fsp3) is 0.474. The number of carbonyl (C=O) groups is 1. The molecule has 142 valence electrons. The highest BCUT2D eigenvalue weighted by Gasteiger charge is 2.39. The van der Waals surface area contributed by atoms with Crippen molar-refractivity contribution in [2.75, 3.05) is 19.8 Å². The SMILES string of the molecule is Cc1nc(-c2ccccc2)sc1C(C)NC(=O)C1(CN)CCOCC1.Cl. The van der Waals surface area contributed by atoms with E-state index >= 15 is 0 Å². The molecule has 0 radical (unpaired) electrons. The second-order valence-corrected chi connectivity index (χ2v) is 7.66. The number of rotatable bonds is 5. The standard InChI is InChI=1S/C19H25N3O2S.ClH/c1-13-16(25-17(21-13)15-6-4-3-5-7-15)14(2)22-18(23)19(12-20)8-10-24-11-9-19;/h3-7,14H,8-12,20H2,1-2H3,(H,22,23);1H. The van der Waals surface area contributed by atoms with Crippen molar-refractivity contribution >= 4 is 29.7 Å². The van der Waals surface area contributed by atoms with E-state index in [9.17, 15) is 4.79 Å². The zero-order valence-electron chi connectivity index (χ0n) is 15.2. The quantitative estimate of drug-likeness (QED) is 0.812. The minimum atomic E-state index is -0.507. The van der Waals surface area contributed by atoms with Crippen molar-refractivity contribution < 1.29 is 9.53 Å². The predicted molar refractivity (Wildman–Crippen MR) is 108 cm³/mol. The Morgan fingerprint density at radius 1 is 1.35 bits per heavy atom. The van der Waals surface area contributed by atoms with Gasteiger partial charge in [-0.15, -0.1) is 23.7 Å². The normalized spacial score (nSPS) is 17.2. The van der Waals surface area contributed by atoms with E-state index in [1.807, 2.05) is 32.0 Å². The summed E-state index contributed by atoms with van der Waals surface area (Å²) in [7, 11) is 0. The van der Waals surface area contributed by atoms with Crippen LogP contribution < -0.4 is 11.1 Å². The van der Waals surface area contributed by atoms with Crippen LogP contribution >= 0.6 is 23.7 Å². The van der Waals surface area contributed by atoms with Gasteiger partial charge in [0.15, 0.2) is 0 Å². The van der Waals surface area contributed by atoms with Gasteiger partial charge in [-0.25, -0.2) is 4.98 Å². The van der Waals surface area contributed by atoms with Crippen LogP contribution in [0.15, 0.2) is 30.3 Å². The Labute approximate surface area is 164 Å². The van der Waals surface area contributed by atoms with Crippen molar-refractivity contribution in [1.82, 2.24) is 10.3 Å². The Morgan fingerprint density at radius 3 is 2.62 bits per heavy atom. The lowest BCUT2D eigenvalue weighted by molar-refractivity contribution is -0.136. The van der Waals surface area contributed by atoms with Crippen LogP contribution in [0.5, 0.6) is 0 Å². The largest absolute Gasteiger partial charge is 0.381 e. The molecule has 7 heteroatoms. The van der Waals surface area contributed by atoms with Gasteiger partial charge in [-0.05, 0) is 26.7 Å². The summed E-state index contributed by atoms with van der Waals surface area (Å²) in [5.74, 6) is 0.0276. The number of benzene rings is 1. The third-order valence-corrected chi connectivity index (χ3v) is 6.31. The summed E-state index contributed by atoms with van der Waals surface area (Å²) < 4.78 is 5.39. The average molecular weight is 396 g/mol. The minimum absolute atomic E-state index is 0. The van der Waals surface area contributed by atoms with Crippen molar-refractivity contribution in [1.29, 1.82) is 0 Å². The van der Waals surface area contributed by atoms with E-state index in [4.69, 9.17) is 10.5 Å². The van der Waals surface area contributed by atoms with Crippen molar-refractivity contribution in [3.63, 3.8) is 0 Å². The van der Waals surface area contributed by atoms with Crippen molar-refractivity contribution in [3.8, 4) is 10.6 Å². The summed E-state index contributed by atoms with van der Waals surface area (Å²) in [6.45, 7) is 5.55. The first-order chi connectivity index (χ1) is 12.1. The van der Waals surface area contributed by atoms with E-state index in [-0.39, 0.29) is 24.4 Å². The molecule has 1 aliphatic rings. The molecule has 1 saturated heterocycles. The number of hydrogen-bond donors (Lipinski definition) is 2. The first-order valence-corrected chi connectivity index (χ1v) is 9.49. The van der Waals surface area contributed by atoms with E-state index in [0.717, 1.165) is 21.1 Å². The van der Waals surface area contributed by atoms with Crippen LogP contribution in [0.3, 0.4) is 0 Å². The third kappa shape index (κ3) is 4.26. The predicted octanol–water partition coefficient (Wildman–Crippen LogP) is 3.47. The van der Waals surface area contributed by atoms with Crippen LogP contribution in [-0.2, 0) is 9.53 Å². The molecule has 1 aromatic heterocycles. The Kier molecular flexibility index (Phi) is 7.17. The van der Waals surface area contributed by atoms with Crippen molar-refractivity contribution in [3.05, 3.63) is 40.9 Å². The lowest BCUT2D eigenvalue weighted by atomic mass is 9.79. The maximum absolute atomic E-state index is 12.9. The summed E-state index contributed by atoms with van der Waals surface area (Å²) in [6.07, 6.45) is 1.36. The Bertz CT molecular complexity index is 730. The maximum Gasteiger partial charge on any atom is 0.228 e. The Balaban J connectivity index is 0.00000243. The number of ether oxygens (including phenoxy) is 1. The molecule has 0 saturated carbocycles. The zero-order chi connectivity index (χ0) is 17.9. The highest BCUT2D eigenvalue weighted by Crippen LogP contribution is 2.34. The van der Waals surface area contributed by atoms with Gasteiger partial charge in [0, 0.05) is 25.3 Å². The molecular formula is C19H26ClN3O2S. The minimum Gasteiger partial charge on any atom is -0.381 e. The number of hydrogen-bond acceptors (Lipinski definition) is 5. The summed E-state index contributed by atoms with van der Waals surface area (Å²) in [5, 5.41) is 4.14. The highest BCUT2D eigenvalue weighted by atomic mass is 35.5. The lowest BCUT2D eigenvalue weighted by Crippen LogP contribution is -2.49.